The first-order chi connectivity index (χ1) is 14.1. The SMILES string of the molecule is Nc1nn2cc(Cl)cnc2c1C(=O)Nc1cnccc1N1CCn2ccnc2C1. The third-order valence-corrected chi connectivity index (χ3v) is 5.02. The molecule has 4 aromatic rings. The van der Waals surface area contributed by atoms with Crippen LogP contribution in [0.15, 0.2) is 43.2 Å². The fourth-order valence-corrected chi connectivity index (χ4v) is 3.61. The summed E-state index contributed by atoms with van der Waals surface area (Å²) in [5, 5.41) is 7.41. The number of nitrogen functional groups attached to an aromatic ring is 1. The Morgan fingerprint density at radius 1 is 1.21 bits per heavy atom. The van der Waals surface area contributed by atoms with Gasteiger partial charge < -0.3 is 20.5 Å². The van der Waals surface area contributed by atoms with Crippen LogP contribution in [0.5, 0.6) is 0 Å². The smallest absolute Gasteiger partial charge is 0.263 e. The summed E-state index contributed by atoms with van der Waals surface area (Å²) in [6.07, 6.45) is 10.1. The lowest BCUT2D eigenvalue weighted by atomic mass is 10.2. The normalized spacial score (nSPS) is 13.5. The number of hydrogen-bond acceptors (Lipinski definition) is 7. The van der Waals surface area contributed by atoms with Gasteiger partial charge in [0, 0.05) is 37.9 Å². The van der Waals surface area contributed by atoms with Gasteiger partial charge in [-0.05, 0) is 6.07 Å². The molecule has 1 aliphatic rings. The van der Waals surface area contributed by atoms with Crippen LogP contribution in [0.25, 0.3) is 5.65 Å². The molecule has 10 nitrogen and oxygen atoms in total. The molecule has 5 heterocycles. The van der Waals surface area contributed by atoms with Crippen molar-refractivity contribution < 1.29 is 4.79 Å². The number of carbonyl (C=O) groups is 1. The van der Waals surface area contributed by atoms with Crippen molar-refractivity contribution in [2.75, 3.05) is 22.5 Å². The van der Waals surface area contributed by atoms with Crippen LogP contribution in [0.3, 0.4) is 0 Å². The molecule has 0 radical (unpaired) electrons. The molecule has 29 heavy (non-hydrogen) atoms. The van der Waals surface area contributed by atoms with E-state index < -0.39 is 5.91 Å². The van der Waals surface area contributed by atoms with E-state index in [-0.39, 0.29) is 11.4 Å². The average Bonchev–Trinajstić information content (AvgIpc) is 3.30. The monoisotopic (exact) mass is 409 g/mol. The molecule has 0 saturated carbocycles. The van der Waals surface area contributed by atoms with Gasteiger partial charge in [0.1, 0.15) is 11.4 Å². The maximum absolute atomic E-state index is 13.0. The number of aromatic nitrogens is 6. The van der Waals surface area contributed by atoms with Crippen LogP contribution in [-0.2, 0) is 13.1 Å². The second kappa shape index (κ2) is 6.74. The third kappa shape index (κ3) is 3.03. The van der Waals surface area contributed by atoms with E-state index in [2.05, 4.69) is 34.8 Å². The van der Waals surface area contributed by atoms with Crippen molar-refractivity contribution in [3.05, 3.63) is 59.7 Å². The molecule has 3 N–H and O–H groups in total. The summed E-state index contributed by atoms with van der Waals surface area (Å²) in [7, 11) is 0. The van der Waals surface area contributed by atoms with E-state index in [1.54, 1.807) is 24.8 Å². The molecular formula is C18H16ClN9O. The Bertz CT molecular complexity index is 1230. The molecule has 0 saturated heterocycles. The van der Waals surface area contributed by atoms with E-state index in [4.69, 9.17) is 17.3 Å². The van der Waals surface area contributed by atoms with Gasteiger partial charge in [-0.25, -0.2) is 14.5 Å². The molecule has 0 fully saturated rings. The van der Waals surface area contributed by atoms with Gasteiger partial charge in [0.15, 0.2) is 11.5 Å². The summed E-state index contributed by atoms with van der Waals surface area (Å²) in [5.74, 6) is 0.626. The summed E-state index contributed by atoms with van der Waals surface area (Å²) in [6, 6.07) is 1.87. The zero-order valence-corrected chi connectivity index (χ0v) is 15.9. The molecule has 1 aliphatic heterocycles. The zero-order valence-electron chi connectivity index (χ0n) is 15.2. The highest BCUT2D eigenvalue weighted by Gasteiger charge is 2.23. The van der Waals surface area contributed by atoms with E-state index in [1.807, 2.05) is 12.3 Å². The van der Waals surface area contributed by atoms with Crippen molar-refractivity contribution in [3.8, 4) is 0 Å². The molecule has 11 heteroatoms. The largest absolute Gasteiger partial charge is 0.381 e. The zero-order chi connectivity index (χ0) is 20.0. The number of carbonyl (C=O) groups excluding carboxylic acids is 1. The van der Waals surface area contributed by atoms with Crippen LogP contribution in [0.2, 0.25) is 5.02 Å². The van der Waals surface area contributed by atoms with E-state index in [1.165, 1.54) is 10.7 Å². The highest BCUT2D eigenvalue weighted by Crippen LogP contribution is 2.29. The molecule has 0 unspecified atom stereocenters. The molecule has 0 bridgehead atoms. The Hall–Kier alpha value is -3.66. The molecule has 4 aromatic heterocycles. The minimum Gasteiger partial charge on any atom is -0.381 e. The van der Waals surface area contributed by atoms with Gasteiger partial charge in [0.25, 0.3) is 5.91 Å². The number of imidazole rings is 1. The fourth-order valence-electron chi connectivity index (χ4n) is 3.47. The van der Waals surface area contributed by atoms with Crippen molar-refractivity contribution in [1.82, 2.24) is 29.1 Å². The van der Waals surface area contributed by atoms with E-state index in [0.29, 0.717) is 22.9 Å². The number of nitrogens with two attached hydrogens (primary N) is 1. The summed E-state index contributed by atoms with van der Waals surface area (Å²) < 4.78 is 3.51. The fraction of sp³-hybridized carbons (Fsp3) is 0.167. The molecule has 0 spiro atoms. The first kappa shape index (κ1) is 17.4. The number of hydrogen-bond donors (Lipinski definition) is 2. The number of nitrogens with one attached hydrogen (secondary N) is 1. The molecular weight excluding hydrogens is 394 g/mol. The predicted molar refractivity (Wildman–Crippen MR) is 108 cm³/mol. The van der Waals surface area contributed by atoms with Crippen LogP contribution >= 0.6 is 11.6 Å². The van der Waals surface area contributed by atoms with Gasteiger partial charge in [-0.1, -0.05) is 11.6 Å². The molecule has 146 valence electrons. The number of pyridine rings is 1. The molecule has 0 atom stereocenters. The van der Waals surface area contributed by atoms with Gasteiger partial charge in [-0.15, -0.1) is 5.10 Å². The van der Waals surface area contributed by atoms with Crippen LogP contribution in [-0.4, -0.2) is 41.6 Å². The first-order valence-corrected chi connectivity index (χ1v) is 9.27. The van der Waals surface area contributed by atoms with Crippen LogP contribution in [0.1, 0.15) is 16.2 Å². The van der Waals surface area contributed by atoms with Gasteiger partial charge in [0.2, 0.25) is 0 Å². The first-order valence-electron chi connectivity index (χ1n) is 8.90. The van der Waals surface area contributed by atoms with Crippen molar-refractivity contribution in [1.29, 1.82) is 0 Å². The highest BCUT2D eigenvalue weighted by molar-refractivity contribution is 6.30. The average molecular weight is 410 g/mol. The summed E-state index contributed by atoms with van der Waals surface area (Å²) >= 11 is 5.94. The number of fused-ring (bicyclic) bond motifs is 2. The molecule has 0 aliphatic carbocycles. The van der Waals surface area contributed by atoms with E-state index in [9.17, 15) is 4.79 Å². The Balaban J connectivity index is 1.46. The second-order valence-electron chi connectivity index (χ2n) is 6.61. The molecule has 5 rings (SSSR count). The maximum Gasteiger partial charge on any atom is 0.263 e. The van der Waals surface area contributed by atoms with Crippen LogP contribution in [0, 0.1) is 0 Å². The summed E-state index contributed by atoms with van der Waals surface area (Å²) in [5.41, 5.74) is 7.91. The van der Waals surface area contributed by atoms with Gasteiger partial charge >= 0.3 is 0 Å². The second-order valence-corrected chi connectivity index (χ2v) is 7.04. The maximum atomic E-state index is 13.0. The topological polar surface area (TPSA) is 119 Å². The standard InChI is InChI=1S/C18H16ClN9O/c19-11-7-23-17-15(16(20)25-28(17)9-11)18(29)24-12-8-21-2-1-13(12)27-6-5-26-4-3-22-14(26)10-27/h1-4,7-9H,5-6,10H2,(H2,20,25)(H,24,29). The summed E-state index contributed by atoms with van der Waals surface area (Å²) in [6.45, 7) is 2.24. The predicted octanol–water partition coefficient (Wildman–Crippen LogP) is 1.83. The number of rotatable bonds is 3. The molecule has 0 aromatic carbocycles. The van der Waals surface area contributed by atoms with Crippen molar-refractivity contribution in [2.24, 2.45) is 0 Å². The van der Waals surface area contributed by atoms with Crippen molar-refractivity contribution in [3.63, 3.8) is 0 Å². The Kier molecular flexibility index (Phi) is 4.06. The van der Waals surface area contributed by atoms with Gasteiger partial charge in [-0.2, -0.15) is 0 Å². The number of amides is 1. The van der Waals surface area contributed by atoms with Crippen molar-refractivity contribution in [2.45, 2.75) is 13.1 Å². The van der Waals surface area contributed by atoms with Crippen molar-refractivity contribution >= 4 is 40.3 Å². The number of nitrogens with zero attached hydrogens (tertiary/aromatic N) is 7. The van der Waals surface area contributed by atoms with Crippen LogP contribution < -0.4 is 16.0 Å². The number of anilines is 3. The Labute approximate surface area is 169 Å². The highest BCUT2D eigenvalue weighted by atomic mass is 35.5. The number of halogens is 1. The lowest BCUT2D eigenvalue weighted by molar-refractivity contribution is 0.102. The molecule has 1 amide bonds. The van der Waals surface area contributed by atoms with Crippen LogP contribution in [0.4, 0.5) is 17.2 Å². The van der Waals surface area contributed by atoms with E-state index >= 15 is 0 Å². The lowest BCUT2D eigenvalue weighted by Crippen LogP contribution is -2.34. The lowest BCUT2D eigenvalue weighted by Gasteiger charge is -2.30. The van der Waals surface area contributed by atoms with E-state index in [0.717, 1.165) is 24.6 Å². The summed E-state index contributed by atoms with van der Waals surface area (Å²) in [4.78, 5) is 27.9. The Morgan fingerprint density at radius 3 is 3.00 bits per heavy atom. The quantitative estimate of drug-likeness (QED) is 0.529. The third-order valence-electron chi connectivity index (χ3n) is 4.83. The Morgan fingerprint density at radius 2 is 2.10 bits per heavy atom. The van der Waals surface area contributed by atoms with Gasteiger partial charge in [-0.3, -0.25) is 9.78 Å². The minimum atomic E-state index is -0.417. The minimum absolute atomic E-state index is 0.0720. The van der Waals surface area contributed by atoms with Gasteiger partial charge in [0.05, 0.1) is 35.3 Å².